The number of likely N-dealkylation sites (N-methyl/N-ethyl adjacent to an activating group) is 2. The van der Waals surface area contributed by atoms with Gasteiger partial charge in [0.15, 0.2) is 0 Å². The molecule has 1 atom stereocenters. The van der Waals surface area contributed by atoms with Gasteiger partial charge in [-0.2, -0.15) is 0 Å². The van der Waals surface area contributed by atoms with Gasteiger partial charge in [0.2, 0.25) is 0 Å². The SMILES string of the molecule is CN1CCN(C)C(CNCc2ccncc2Cl)C1. The minimum atomic E-state index is 0.573. The van der Waals surface area contributed by atoms with Crippen molar-refractivity contribution in [3.05, 3.63) is 29.0 Å². The number of hydrogen-bond donors (Lipinski definition) is 1. The molecule has 0 aromatic carbocycles. The molecule has 100 valence electrons. The lowest BCUT2D eigenvalue weighted by Crippen LogP contribution is -2.53. The lowest BCUT2D eigenvalue weighted by atomic mass is 10.2. The van der Waals surface area contributed by atoms with Gasteiger partial charge in [-0.3, -0.25) is 9.88 Å². The zero-order valence-electron chi connectivity index (χ0n) is 11.1. The van der Waals surface area contributed by atoms with Crippen LogP contribution >= 0.6 is 11.6 Å². The van der Waals surface area contributed by atoms with Crippen molar-refractivity contribution < 1.29 is 0 Å². The average Bonchev–Trinajstić information content (AvgIpc) is 2.36. The third kappa shape index (κ3) is 3.65. The van der Waals surface area contributed by atoms with E-state index in [-0.39, 0.29) is 0 Å². The number of halogens is 1. The molecule has 1 fully saturated rings. The minimum Gasteiger partial charge on any atom is -0.311 e. The van der Waals surface area contributed by atoms with E-state index in [0.717, 1.165) is 43.3 Å². The Morgan fingerprint density at radius 2 is 2.28 bits per heavy atom. The molecule has 1 aliphatic heterocycles. The summed E-state index contributed by atoms with van der Waals surface area (Å²) in [5, 5.41) is 4.22. The van der Waals surface area contributed by atoms with Crippen LogP contribution in [0, 0.1) is 0 Å². The van der Waals surface area contributed by atoms with Crippen molar-refractivity contribution in [1.29, 1.82) is 0 Å². The predicted molar refractivity (Wildman–Crippen MR) is 74.9 cm³/mol. The molecular formula is C13H21ClN4. The molecule has 0 spiro atoms. The smallest absolute Gasteiger partial charge is 0.0634 e. The van der Waals surface area contributed by atoms with Crippen LogP contribution in [0.1, 0.15) is 5.56 Å². The summed E-state index contributed by atoms with van der Waals surface area (Å²) in [6.07, 6.45) is 3.47. The second-order valence-electron chi connectivity index (χ2n) is 4.99. The van der Waals surface area contributed by atoms with Gasteiger partial charge in [-0.25, -0.2) is 0 Å². The van der Waals surface area contributed by atoms with Crippen molar-refractivity contribution in [1.82, 2.24) is 20.1 Å². The molecule has 1 aliphatic rings. The molecule has 5 heteroatoms. The Labute approximate surface area is 114 Å². The number of hydrogen-bond acceptors (Lipinski definition) is 4. The Balaban J connectivity index is 1.79. The third-order valence-electron chi connectivity index (χ3n) is 3.53. The van der Waals surface area contributed by atoms with E-state index < -0.39 is 0 Å². The van der Waals surface area contributed by atoms with Crippen LogP contribution < -0.4 is 5.32 Å². The fourth-order valence-corrected chi connectivity index (χ4v) is 2.43. The standard InChI is InChI=1S/C13H21ClN4/c1-17-5-6-18(2)12(10-17)8-16-7-11-3-4-15-9-13(11)14/h3-4,9,12,16H,5-8,10H2,1-2H3. The lowest BCUT2D eigenvalue weighted by Gasteiger charge is -2.37. The summed E-state index contributed by atoms with van der Waals surface area (Å²) < 4.78 is 0. The second kappa shape index (κ2) is 6.48. The first-order chi connectivity index (χ1) is 8.66. The van der Waals surface area contributed by atoms with Crippen LogP contribution in [0.3, 0.4) is 0 Å². The van der Waals surface area contributed by atoms with Crippen molar-refractivity contribution >= 4 is 11.6 Å². The summed E-state index contributed by atoms with van der Waals surface area (Å²) in [7, 11) is 4.37. The molecule has 2 rings (SSSR count). The Morgan fingerprint density at radius 3 is 3.06 bits per heavy atom. The topological polar surface area (TPSA) is 31.4 Å². The maximum absolute atomic E-state index is 6.08. The molecule has 0 saturated carbocycles. The van der Waals surface area contributed by atoms with E-state index in [1.165, 1.54) is 0 Å². The van der Waals surface area contributed by atoms with Crippen molar-refractivity contribution in [2.24, 2.45) is 0 Å². The van der Waals surface area contributed by atoms with Gasteiger partial charge in [-0.05, 0) is 25.7 Å². The van der Waals surface area contributed by atoms with E-state index in [4.69, 9.17) is 11.6 Å². The largest absolute Gasteiger partial charge is 0.311 e. The van der Waals surface area contributed by atoms with E-state index in [9.17, 15) is 0 Å². The molecular weight excluding hydrogens is 248 g/mol. The first-order valence-corrected chi connectivity index (χ1v) is 6.72. The van der Waals surface area contributed by atoms with Crippen LogP contribution in [-0.4, -0.2) is 61.1 Å². The van der Waals surface area contributed by atoms with Crippen LogP contribution in [0.25, 0.3) is 0 Å². The Kier molecular flexibility index (Phi) is 4.95. The summed E-state index contributed by atoms with van der Waals surface area (Å²) in [5.41, 5.74) is 1.11. The molecule has 1 aromatic heterocycles. The Hall–Kier alpha value is -0.680. The number of nitrogens with zero attached hydrogens (tertiary/aromatic N) is 3. The van der Waals surface area contributed by atoms with Crippen molar-refractivity contribution in [2.45, 2.75) is 12.6 Å². The van der Waals surface area contributed by atoms with Gasteiger partial charge in [0.25, 0.3) is 0 Å². The normalized spacial score (nSPS) is 22.3. The monoisotopic (exact) mass is 268 g/mol. The molecule has 4 nitrogen and oxygen atoms in total. The van der Waals surface area contributed by atoms with Crippen molar-refractivity contribution in [2.75, 3.05) is 40.3 Å². The van der Waals surface area contributed by atoms with Crippen LogP contribution in [0.2, 0.25) is 5.02 Å². The molecule has 0 radical (unpaired) electrons. The molecule has 1 N–H and O–H groups in total. The van der Waals surface area contributed by atoms with Gasteiger partial charge >= 0.3 is 0 Å². The quantitative estimate of drug-likeness (QED) is 0.885. The molecule has 1 unspecified atom stereocenters. The lowest BCUT2D eigenvalue weighted by molar-refractivity contribution is 0.113. The predicted octanol–water partition coefficient (Wildman–Crippen LogP) is 1.07. The van der Waals surface area contributed by atoms with E-state index in [2.05, 4.69) is 34.2 Å². The van der Waals surface area contributed by atoms with E-state index >= 15 is 0 Å². The maximum Gasteiger partial charge on any atom is 0.0634 e. The fraction of sp³-hybridized carbons (Fsp3) is 0.615. The van der Waals surface area contributed by atoms with Gasteiger partial charge in [-0.15, -0.1) is 0 Å². The fourth-order valence-electron chi connectivity index (χ4n) is 2.24. The minimum absolute atomic E-state index is 0.573. The summed E-state index contributed by atoms with van der Waals surface area (Å²) in [6, 6.07) is 2.54. The van der Waals surface area contributed by atoms with Gasteiger partial charge in [0.1, 0.15) is 0 Å². The highest BCUT2D eigenvalue weighted by molar-refractivity contribution is 6.31. The van der Waals surface area contributed by atoms with Crippen molar-refractivity contribution in [3.63, 3.8) is 0 Å². The molecule has 0 bridgehead atoms. The van der Waals surface area contributed by atoms with E-state index in [1.54, 1.807) is 12.4 Å². The van der Waals surface area contributed by atoms with Crippen LogP contribution in [-0.2, 0) is 6.54 Å². The molecule has 0 aliphatic carbocycles. The number of pyridine rings is 1. The third-order valence-corrected chi connectivity index (χ3v) is 3.87. The highest BCUT2D eigenvalue weighted by Crippen LogP contribution is 2.13. The molecule has 0 amide bonds. The Bertz CT molecular complexity index is 385. The van der Waals surface area contributed by atoms with Gasteiger partial charge in [-0.1, -0.05) is 11.6 Å². The number of rotatable bonds is 4. The van der Waals surface area contributed by atoms with Gasteiger partial charge in [0.05, 0.1) is 5.02 Å². The summed E-state index contributed by atoms with van der Waals surface area (Å²) in [6.45, 7) is 5.20. The van der Waals surface area contributed by atoms with Crippen molar-refractivity contribution in [3.8, 4) is 0 Å². The van der Waals surface area contributed by atoms with E-state index in [0.29, 0.717) is 6.04 Å². The Morgan fingerprint density at radius 1 is 1.44 bits per heavy atom. The first kappa shape index (κ1) is 13.7. The second-order valence-corrected chi connectivity index (χ2v) is 5.40. The number of nitrogens with one attached hydrogen (secondary N) is 1. The van der Waals surface area contributed by atoms with Crippen LogP contribution in [0.5, 0.6) is 0 Å². The molecule has 2 heterocycles. The summed E-state index contributed by atoms with van der Waals surface area (Å²) in [4.78, 5) is 8.79. The molecule has 18 heavy (non-hydrogen) atoms. The number of piperazine rings is 1. The zero-order valence-corrected chi connectivity index (χ0v) is 11.8. The van der Waals surface area contributed by atoms with Gasteiger partial charge in [0, 0.05) is 51.2 Å². The number of aromatic nitrogens is 1. The molecule has 1 aromatic rings. The average molecular weight is 269 g/mol. The van der Waals surface area contributed by atoms with Gasteiger partial charge < -0.3 is 10.2 Å². The highest BCUT2D eigenvalue weighted by atomic mass is 35.5. The zero-order chi connectivity index (χ0) is 13.0. The highest BCUT2D eigenvalue weighted by Gasteiger charge is 2.21. The van der Waals surface area contributed by atoms with E-state index in [1.807, 2.05) is 6.07 Å². The maximum atomic E-state index is 6.08. The van der Waals surface area contributed by atoms with Crippen LogP contribution in [0.15, 0.2) is 18.5 Å². The van der Waals surface area contributed by atoms with Crippen LogP contribution in [0.4, 0.5) is 0 Å². The summed E-state index contributed by atoms with van der Waals surface area (Å²) in [5.74, 6) is 0. The summed E-state index contributed by atoms with van der Waals surface area (Å²) >= 11 is 6.08. The first-order valence-electron chi connectivity index (χ1n) is 6.34. The molecule has 1 saturated heterocycles.